The van der Waals surface area contributed by atoms with Crippen LogP contribution in [0.25, 0.3) is 120 Å². The molecule has 0 amide bonds. The lowest BCUT2D eigenvalue weighted by Crippen LogP contribution is -2.10. The van der Waals surface area contributed by atoms with Gasteiger partial charge in [0.15, 0.2) is 16.7 Å². The highest BCUT2D eigenvalue weighted by Crippen LogP contribution is 2.52. The highest BCUT2D eigenvalue weighted by molar-refractivity contribution is 6.27. The summed E-state index contributed by atoms with van der Waals surface area (Å²) in [7, 11) is 0. The lowest BCUT2D eigenvalue weighted by atomic mass is 9.96. The SMILES string of the molecule is c1ccc(-c2cc3ccccc3c3c2oc2c(N(c4cccc5c4oc4ccc6ccccc6c45)c4cccc5c4oc4c(-c6ccccc6)cc6ccccc6c45)cccc23)cc1. The van der Waals surface area contributed by atoms with Gasteiger partial charge in [-0.15, -0.1) is 0 Å². The normalized spacial score (nSPS) is 12.1. The predicted octanol–water partition coefficient (Wildman–Crippen LogP) is 17.6. The van der Waals surface area contributed by atoms with E-state index in [0.29, 0.717) is 0 Å². The van der Waals surface area contributed by atoms with Crippen molar-refractivity contribution in [2.24, 2.45) is 0 Å². The molecular formula is C60H35NO3. The summed E-state index contributed by atoms with van der Waals surface area (Å²) in [6.45, 7) is 0. The van der Waals surface area contributed by atoms with Crippen molar-refractivity contribution in [1.29, 1.82) is 0 Å². The molecule has 0 bridgehead atoms. The van der Waals surface area contributed by atoms with Gasteiger partial charge in [0, 0.05) is 43.4 Å². The van der Waals surface area contributed by atoms with E-state index in [-0.39, 0.29) is 0 Å². The molecule has 0 radical (unpaired) electrons. The van der Waals surface area contributed by atoms with Gasteiger partial charge in [-0.05, 0) is 79.8 Å². The van der Waals surface area contributed by atoms with Crippen molar-refractivity contribution < 1.29 is 13.3 Å². The molecule has 4 heteroatoms. The van der Waals surface area contributed by atoms with E-state index in [1.54, 1.807) is 0 Å². The second-order valence-corrected chi connectivity index (χ2v) is 16.7. The standard InChI is InChI=1S/C60H35NO3/c1-3-16-36(17-4-1)47-34-39-21-8-11-24-42(39)54-45-27-14-30-50(57(45)63-59(47)54)61(49-29-13-26-44-53-41-23-10-7-20-38(41)32-33-52(53)62-56(44)49)51-31-15-28-46-55-43-25-12-9-22-40(43)35-48(60(55)64-58(46)51)37-18-5-2-6-19-37/h1-35H. The summed E-state index contributed by atoms with van der Waals surface area (Å²) >= 11 is 0. The van der Waals surface area contributed by atoms with Crippen molar-refractivity contribution in [3.05, 3.63) is 212 Å². The Bertz CT molecular complexity index is 4000. The van der Waals surface area contributed by atoms with Gasteiger partial charge in [0.05, 0.1) is 17.1 Å². The number of furan rings is 3. The summed E-state index contributed by atoms with van der Waals surface area (Å²) in [5.74, 6) is 0. The molecule has 0 aliphatic heterocycles. The summed E-state index contributed by atoms with van der Waals surface area (Å²) in [6.07, 6.45) is 0. The van der Waals surface area contributed by atoms with Crippen LogP contribution in [0.5, 0.6) is 0 Å². The van der Waals surface area contributed by atoms with Crippen LogP contribution in [0, 0.1) is 0 Å². The van der Waals surface area contributed by atoms with Gasteiger partial charge in [0.1, 0.15) is 16.7 Å². The van der Waals surface area contributed by atoms with E-state index in [2.05, 4.69) is 217 Å². The molecule has 0 spiro atoms. The topological polar surface area (TPSA) is 42.7 Å². The van der Waals surface area contributed by atoms with Crippen LogP contribution in [0.4, 0.5) is 17.1 Å². The van der Waals surface area contributed by atoms with Gasteiger partial charge in [-0.1, -0.05) is 176 Å². The molecule has 3 heterocycles. The largest absolute Gasteiger partial charge is 0.454 e. The summed E-state index contributed by atoms with van der Waals surface area (Å²) in [5, 5.41) is 13.3. The lowest BCUT2D eigenvalue weighted by Gasteiger charge is -2.25. The molecule has 0 saturated carbocycles. The van der Waals surface area contributed by atoms with Crippen LogP contribution in [0.2, 0.25) is 0 Å². The first-order valence-corrected chi connectivity index (χ1v) is 21.7. The minimum atomic E-state index is 0.771. The molecule has 0 aliphatic rings. The van der Waals surface area contributed by atoms with Crippen molar-refractivity contribution >= 4 is 115 Å². The number of benzene rings is 11. The van der Waals surface area contributed by atoms with Crippen LogP contribution in [0.3, 0.4) is 0 Å². The van der Waals surface area contributed by atoms with Gasteiger partial charge in [-0.2, -0.15) is 0 Å². The summed E-state index contributed by atoms with van der Waals surface area (Å²) in [5.41, 5.74) is 11.8. The Morgan fingerprint density at radius 3 is 1.16 bits per heavy atom. The Kier molecular flexibility index (Phi) is 7.36. The zero-order valence-electron chi connectivity index (χ0n) is 34.4. The minimum absolute atomic E-state index is 0.771. The number of anilines is 3. The Hall–Kier alpha value is -8.60. The van der Waals surface area contributed by atoms with E-state index >= 15 is 0 Å². The first kappa shape index (κ1) is 35.0. The van der Waals surface area contributed by atoms with Crippen molar-refractivity contribution in [2.45, 2.75) is 0 Å². The molecule has 14 rings (SSSR count). The highest BCUT2D eigenvalue weighted by Gasteiger charge is 2.28. The molecule has 11 aromatic carbocycles. The molecule has 0 atom stereocenters. The molecule has 14 aromatic rings. The molecule has 298 valence electrons. The molecular weight excluding hydrogens is 783 g/mol. The fraction of sp³-hybridized carbons (Fsp3) is 0. The van der Waals surface area contributed by atoms with Gasteiger partial charge in [0.25, 0.3) is 0 Å². The van der Waals surface area contributed by atoms with E-state index in [1.165, 1.54) is 5.39 Å². The van der Waals surface area contributed by atoms with E-state index < -0.39 is 0 Å². The number of para-hydroxylation sites is 3. The molecule has 4 nitrogen and oxygen atoms in total. The van der Waals surface area contributed by atoms with Crippen LogP contribution < -0.4 is 4.90 Å². The van der Waals surface area contributed by atoms with Crippen molar-refractivity contribution in [2.75, 3.05) is 4.90 Å². The molecule has 0 saturated heterocycles. The second-order valence-electron chi connectivity index (χ2n) is 16.7. The van der Waals surface area contributed by atoms with Crippen molar-refractivity contribution in [3.8, 4) is 22.3 Å². The molecule has 0 N–H and O–H groups in total. The maximum Gasteiger partial charge on any atom is 0.159 e. The third kappa shape index (κ3) is 4.99. The zero-order valence-corrected chi connectivity index (χ0v) is 34.4. The summed E-state index contributed by atoms with van der Waals surface area (Å²) in [4.78, 5) is 2.30. The third-order valence-corrected chi connectivity index (χ3v) is 13.2. The fourth-order valence-electron chi connectivity index (χ4n) is 10.4. The monoisotopic (exact) mass is 817 g/mol. The molecule has 0 unspecified atom stereocenters. The van der Waals surface area contributed by atoms with Gasteiger partial charge in [0.2, 0.25) is 0 Å². The fourth-order valence-corrected chi connectivity index (χ4v) is 10.4. The Balaban J connectivity index is 1.13. The van der Waals surface area contributed by atoms with Crippen molar-refractivity contribution in [3.63, 3.8) is 0 Å². The predicted molar refractivity (Wildman–Crippen MR) is 266 cm³/mol. The average molecular weight is 818 g/mol. The maximum absolute atomic E-state index is 7.33. The highest BCUT2D eigenvalue weighted by atomic mass is 16.3. The van der Waals surface area contributed by atoms with E-state index in [4.69, 9.17) is 13.3 Å². The minimum Gasteiger partial charge on any atom is -0.454 e. The molecule has 0 fully saturated rings. The summed E-state index contributed by atoms with van der Waals surface area (Å²) < 4.78 is 21.7. The van der Waals surface area contributed by atoms with Gasteiger partial charge in [-0.3, -0.25) is 4.90 Å². The van der Waals surface area contributed by atoms with Crippen LogP contribution in [-0.2, 0) is 0 Å². The molecule has 64 heavy (non-hydrogen) atoms. The maximum atomic E-state index is 7.33. The average Bonchev–Trinajstić information content (AvgIpc) is 4.08. The Labute approximate surface area is 366 Å². The molecule has 3 aromatic heterocycles. The second kappa shape index (κ2) is 13.4. The smallest absolute Gasteiger partial charge is 0.159 e. The quantitative estimate of drug-likeness (QED) is 0.173. The van der Waals surface area contributed by atoms with E-state index in [1.807, 2.05) is 0 Å². The summed E-state index contributed by atoms with van der Waals surface area (Å²) in [6, 6.07) is 75.1. The third-order valence-electron chi connectivity index (χ3n) is 13.2. The lowest BCUT2D eigenvalue weighted by molar-refractivity contribution is 0.664. The zero-order chi connectivity index (χ0) is 41.9. The first-order valence-electron chi connectivity index (χ1n) is 21.7. The number of rotatable bonds is 5. The Morgan fingerprint density at radius 2 is 0.656 bits per heavy atom. The van der Waals surface area contributed by atoms with E-state index in [9.17, 15) is 0 Å². The first-order chi connectivity index (χ1) is 31.8. The van der Waals surface area contributed by atoms with Crippen LogP contribution >= 0.6 is 0 Å². The van der Waals surface area contributed by atoms with Crippen molar-refractivity contribution in [1.82, 2.24) is 0 Å². The van der Waals surface area contributed by atoms with E-state index in [0.717, 1.165) is 132 Å². The van der Waals surface area contributed by atoms with Crippen LogP contribution in [-0.4, -0.2) is 0 Å². The molecule has 0 aliphatic carbocycles. The van der Waals surface area contributed by atoms with Crippen LogP contribution in [0.1, 0.15) is 0 Å². The van der Waals surface area contributed by atoms with Crippen LogP contribution in [0.15, 0.2) is 226 Å². The number of nitrogens with zero attached hydrogens (tertiary/aromatic N) is 1. The number of fused-ring (bicyclic) bond motifs is 15. The number of hydrogen-bond acceptors (Lipinski definition) is 4. The van der Waals surface area contributed by atoms with Gasteiger partial charge in [-0.25, -0.2) is 0 Å². The number of hydrogen-bond donors (Lipinski definition) is 0. The Morgan fingerprint density at radius 1 is 0.266 bits per heavy atom. The van der Waals surface area contributed by atoms with Gasteiger partial charge >= 0.3 is 0 Å². The van der Waals surface area contributed by atoms with Gasteiger partial charge < -0.3 is 13.3 Å².